The van der Waals surface area contributed by atoms with Crippen LogP contribution in [-0.4, -0.2) is 13.4 Å². The van der Waals surface area contributed by atoms with Crippen molar-refractivity contribution in [3.63, 3.8) is 0 Å². The van der Waals surface area contributed by atoms with Crippen LogP contribution >= 0.6 is 0 Å². The van der Waals surface area contributed by atoms with Crippen LogP contribution in [0, 0.1) is 0 Å². The summed E-state index contributed by atoms with van der Waals surface area (Å²) >= 11 is 0. The van der Waals surface area contributed by atoms with Crippen molar-refractivity contribution in [2.45, 2.75) is 13.0 Å². The average molecular weight is 282 g/mol. The highest BCUT2D eigenvalue weighted by atomic mass is 16.5. The number of benzene rings is 2. The Hall–Kier alpha value is -2.55. The number of allylic oxidation sites excluding steroid dienone is 1. The molecule has 0 spiro atoms. The molecule has 2 aromatic rings. The number of ether oxygens (including phenoxy) is 2. The Morgan fingerprint density at radius 3 is 2.62 bits per heavy atom. The van der Waals surface area contributed by atoms with Crippen LogP contribution in [0.4, 0.5) is 0 Å². The SMILES string of the molecule is C=CCc1ccccc1OCc1cc(C=O)ccc1OC. The van der Waals surface area contributed by atoms with E-state index in [1.807, 2.05) is 30.3 Å². The molecule has 0 amide bonds. The number of carbonyl (C=O) groups excluding carboxylic acids is 1. The van der Waals surface area contributed by atoms with E-state index < -0.39 is 0 Å². The quantitative estimate of drug-likeness (QED) is 0.572. The van der Waals surface area contributed by atoms with Crippen molar-refractivity contribution >= 4 is 6.29 Å². The maximum atomic E-state index is 10.9. The van der Waals surface area contributed by atoms with Gasteiger partial charge in [-0.25, -0.2) is 0 Å². The van der Waals surface area contributed by atoms with Gasteiger partial charge in [0, 0.05) is 11.1 Å². The molecule has 0 saturated carbocycles. The van der Waals surface area contributed by atoms with Gasteiger partial charge in [-0.2, -0.15) is 0 Å². The molecule has 108 valence electrons. The summed E-state index contributed by atoms with van der Waals surface area (Å²) in [4.78, 5) is 10.9. The summed E-state index contributed by atoms with van der Waals surface area (Å²) in [6.07, 6.45) is 3.41. The minimum Gasteiger partial charge on any atom is -0.496 e. The summed E-state index contributed by atoms with van der Waals surface area (Å²) in [6.45, 7) is 4.10. The Balaban J connectivity index is 2.19. The smallest absolute Gasteiger partial charge is 0.150 e. The molecule has 0 aliphatic rings. The number of aldehydes is 1. The van der Waals surface area contributed by atoms with E-state index in [2.05, 4.69) is 6.58 Å². The van der Waals surface area contributed by atoms with E-state index in [1.165, 1.54) is 0 Å². The second-order valence-corrected chi connectivity index (χ2v) is 4.58. The second-order valence-electron chi connectivity index (χ2n) is 4.58. The maximum absolute atomic E-state index is 10.9. The highest BCUT2D eigenvalue weighted by Gasteiger charge is 2.07. The van der Waals surface area contributed by atoms with E-state index in [4.69, 9.17) is 9.47 Å². The van der Waals surface area contributed by atoms with Crippen molar-refractivity contribution in [2.75, 3.05) is 7.11 Å². The minimum atomic E-state index is 0.346. The van der Waals surface area contributed by atoms with Crippen molar-refractivity contribution in [2.24, 2.45) is 0 Å². The standard InChI is InChI=1S/C18H18O3/c1-3-6-15-7-4-5-8-18(15)21-13-16-11-14(12-19)9-10-17(16)20-2/h3-5,7-12H,1,6,13H2,2H3. The van der Waals surface area contributed by atoms with Gasteiger partial charge in [0.05, 0.1) is 7.11 Å². The van der Waals surface area contributed by atoms with Crippen LogP contribution in [0.2, 0.25) is 0 Å². The van der Waals surface area contributed by atoms with Gasteiger partial charge in [-0.15, -0.1) is 6.58 Å². The van der Waals surface area contributed by atoms with Crippen molar-refractivity contribution in [3.8, 4) is 11.5 Å². The third-order valence-corrected chi connectivity index (χ3v) is 3.16. The highest BCUT2D eigenvalue weighted by Crippen LogP contribution is 2.24. The Labute approximate surface area is 124 Å². The minimum absolute atomic E-state index is 0.346. The van der Waals surface area contributed by atoms with Crippen LogP contribution < -0.4 is 9.47 Å². The van der Waals surface area contributed by atoms with E-state index in [-0.39, 0.29) is 0 Å². The Morgan fingerprint density at radius 1 is 1.10 bits per heavy atom. The molecule has 0 aliphatic heterocycles. The third kappa shape index (κ3) is 3.72. The van der Waals surface area contributed by atoms with Crippen LogP contribution in [0.1, 0.15) is 21.5 Å². The van der Waals surface area contributed by atoms with Gasteiger partial charge in [-0.05, 0) is 36.2 Å². The van der Waals surface area contributed by atoms with Crippen LogP contribution in [0.5, 0.6) is 11.5 Å². The monoisotopic (exact) mass is 282 g/mol. The molecule has 0 N–H and O–H groups in total. The first-order valence-electron chi connectivity index (χ1n) is 6.72. The lowest BCUT2D eigenvalue weighted by Gasteiger charge is -2.13. The van der Waals surface area contributed by atoms with Gasteiger partial charge in [-0.3, -0.25) is 4.79 Å². The molecule has 0 bridgehead atoms. The molecule has 0 aromatic heterocycles. The molecule has 3 heteroatoms. The summed E-state index contributed by atoms with van der Waals surface area (Å²) in [5.41, 5.74) is 2.53. The first kappa shape index (κ1) is 14.9. The molecule has 2 aromatic carbocycles. The summed E-state index contributed by atoms with van der Waals surface area (Å²) in [5, 5.41) is 0. The lowest BCUT2D eigenvalue weighted by atomic mass is 10.1. The molecular formula is C18H18O3. The topological polar surface area (TPSA) is 35.5 Å². The number of para-hydroxylation sites is 1. The molecule has 0 atom stereocenters. The Bertz CT molecular complexity index is 632. The first-order chi connectivity index (χ1) is 10.3. The highest BCUT2D eigenvalue weighted by molar-refractivity contribution is 5.75. The fourth-order valence-electron chi connectivity index (χ4n) is 2.11. The van der Waals surface area contributed by atoms with Crippen molar-refractivity contribution in [1.82, 2.24) is 0 Å². The molecule has 0 aliphatic carbocycles. The molecule has 21 heavy (non-hydrogen) atoms. The Kier molecular flexibility index (Phi) is 5.16. The molecule has 2 rings (SSSR count). The normalized spacial score (nSPS) is 9.95. The van der Waals surface area contributed by atoms with Gasteiger partial charge in [-0.1, -0.05) is 24.3 Å². The van der Waals surface area contributed by atoms with E-state index in [0.29, 0.717) is 17.9 Å². The second kappa shape index (κ2) is 7.29. The molecule has 0 heterocycles. The maximum Gasteiger partial charge on any atom is 0.150 e. The predicted octanol–water partition coefficient (Wildman–Crippen LogP) is 3.82. The molecule has 0 unspecified atom stereocenters. The average Bonchev–Trinajstić information content (AvgIpc) is 2.54. The zero-order valence-corrected chi connectivity index (χ0v) is 12.0. The molecule has 0 fully saturated rings. The number of methoxy groups -OCH3 is 1. The lowest BCUT2D eigenvalue weighted by molar-refractivity contribution is 0.112. The molecule has 0 radical (unpaired) electrons. The predicted molar refractivity (Wildman–Crippen MR) is 83.1 cm³/mol. The van der Waals surface area contributed by atoms with Gasteiger partial charge < -0.3 is 9.47 Å². The molecule has 0 saturated heterocycles. The Morgan fingerprint density at radius 2 is 1.90 bits per heavy atom. The van der Waals surface area contributed by atoms with Gasteiger partial charge in [0.15, 0.2) is 0 Å². The number of carbonyl (C=O) groups is 1. The van der Waals surface area contributed by atoms with Crippen molar-refractivity contribution in [3.05, 3.63) is 71.8 Å². The van der Waals surface area contributed by atoms with Gasteiger partial charge in [0.1, 0.15) is 24.4 Å². The molecular weight excluding hydrogens is 264 g/mol. The van der Waals surface area contributed by atoms with Crippen LogP contribution in [0.25, 0.3) is 0 Å². The summed E-state index contributed by atoms with van der Waals surface area (Å²) < 4.78 is 11.2. The zero-order valence-electron chi connectivity index (χ0n) is 12.0. The van der Waals surface area contributed by atoms with E-state index in [1.54, 1.807) is 25.3 Å². The summed E-state index contributed by atoms with van der Waals surface area (Å²) in [5.74, 6) is 1.53. The summed E-state index contributed by atoms with van der Waals surface area (Å²) in [7, 11) is 1.60. The van der Waals surface area contributed by atoms with Crippen LogP contribution in [0.3, 0.4) is 0 Å². The van der Waals surface area contributed by atoms with E-state index in [9.17, 15) is 4.79 Å². The van der Waals surface area contributed by atoms with Crippen molar-refractivity contribution in [1.29, 1.82) is 0 Å². The number of hydrogen-bond donors (Lipinski definition) is 0. The van der Waals surface area contributed by atoms with Crippen LogP contribution in [0.15, 0.2) is 55.1 Å². The fourth-order valence-corrected chi connectivity index (χ4v) is 2.11. The molecule has 3 nitrogen and oxygen atoms in total. The van der Waals surface area contributed by atoms with Gasteiger partial charge >= 0.3 is 0 Å². The largest absolute Gasteiger partial charge is 0.496 e. The zero-order chi connectivity index (χ0) is 15.1. The van der Waals surface area contributed by atoms with Gasteiger partial charge in [0.25, 0.3) is 0 Å². The van der Waals surface area contributed by atoms with E-state index in [0.717, 1.165) is 29.6 Å². The fraction of sp³-hybridized carbons (Fsp3) is 0.167. The summed E-state index contributed by atoms with van der Waals surface area (Å²) in [6, 6.07) is 13.1. The number of hydrogen-bond acceptors (Lipinski definition) is 3. The first-order valence-corrected chi connectivity index (χ1v) is 6.72. The van der Waals surface area contributed by atoms with Crippen LogP contribution in [-0.2, 0) is 13.0 Å². The van der Waals surface area contributed by atoms with E-state index >= 15 is 0 Å². The van der Waals surface area contributed by atoms with Gasteiger partial charge in [0.2, 0.25) is 0 Å². The van der Waals surface area contributed by atoms with Crippen molar-refractivity contribution < 1.29 is 14.3 Å². The number of rotatable bonds is 7. The lowest BCUT2D eigenvalue weighted by Crippen LogP contribution is -2.01. The third-order valence-electron chi connectivity index (χ3n) is 3.16.